The molecule has 0 bridgehead atoms. The summed E-state index contributed by atoms with van der Waals surface area (Å²) in [7, 11) is 0. The van der Waals surface area contributed by atoms with Gasteiger partial charge in [0.1, 0.15) is 12.4 Å². The first kappa shape index (κ1) is 21.9. The Morgan fingerprint density at radius 3 is 2.24 bits per heavy atom. The average Bonchev–Trinajstić information content (AvgIpc) is 3.21. The highest BCUT2D eigenvalue weighted by Gasteiger charge is 2.14. The monoisotopic (exact) mass is 490 g/mol. The molecule has 0 amide bonds. The van der Waals surface area contributed by atoms with E-state index in [1.165, 1.54) is 5.56 Å². The van der Waals surface area contributed by atoms with Gasteiger partial charge in [-0.2, -0.15) is 0 Å². The van der Waals surface area contributed by atoms with Gasteiger partial charge in [0.25, 0.3) is 0 Å². The first-order valence-corrected chi connectivity index (χ1v) is 12.2. The van der Waals surface area contributed by atoms with Gasteiger partial charge in [-0.3, -0.25) is 4.57 Å². The highest BCUT2D eigenvalue weighted by Crippen LogP contribution is 2.32. The van der Waals surface area contributed by atoms with Crippen LogP contribution in [-0.2, 0) is 12.4 Å². The standard InChI is InChI=1S/C27H20Cl2N2OS/c28-21-8-6-20(7-9-21)18-33-27-30-25-15-10-22(29)16-26(25)31(27)23-11-13-24(14-12-23)32-17-19-4-2-1-3-5-19/h1-16H,17-18H2. The van der Waals surface area contributed by atoms with Crippen LogP contribution in [0.3, 0.4) is 0 Å². The van der Waals surface area contributed by atoms with Gasteiger partial charge in [-0.05, 0) is 65.7 Å². The molecule has 0 fully saturated rings. The summed E-state index contributed by atoms with van der Waals surface area (Å²) < 4.78 is 8.10. The van der Waals surface area contributed by atoms with Crippen molar-refractivity contribution in [2.75, 3.05) is 0 Å². The average molecular weight is 491 g/mol. The van der Waals surface area contributed by atoms with Gasteiger partial charge in [0.05, 0.1) is 11.0 Å². The van der Waals surface area contributed by atoms with Gasteiger partial charge in [0.2, 0.25) is 0 Å². The molecule has 0 spiro atoms. The third kappa shape index (κ3) is 5.19. The molecule has 0 atom stereocenters. The van der Waals surface area contributed by atoms with E-state index < -0.39 is 0 Å². The van der Waals surface area contributed by atoms with Crippen LogP contribution in [0.2, 0.25) is 10.0 Å². The molecule has 1 aromatic heterocycles. The molecule has 4 aromatic carbocycles. The Bertz CT molecular complexity index is 1370. The zero-order chi connectivity index (χ0) is 22.6. The fraction of sp³-hybridized carbons (Fsp3) is 0.0741. The summed E-state index contributed by atoms with van der Waals surface area (Å²) in [4.78, 5) is 4.87. The Balaban J connectivity index is 1.42. The molecule has 5 aromatic rings. The molecule has 0 aliphatic rings. The summed E-state index contributed by atoms with van der Waals surface area (Å²) in [6.45, 7) is 0.534. The SMILES string of the molecule is Clc1ccc(CSc2nc3ccc(Cl)cc3n2-c2ccc(OCc3ccccc3)cc2)cc1. The predicted molar refractivity (Wildman–Crippen MR) is 138 cm³/mol. The second-order valence-corrected chi connectivity index (χ2v) is 9.36. The third-order valence-electron chi connectivity index (χ3n) is 5.21. The van der Waals surface area contributed by atoms with E-state index in [4.69, 9.17) is 32.9 Å². The second kappa shape index (κ2) is 9.92. The molecule has 0 saturated heterocycles. The summed E-state index contributed by atoms with van der Waals surface area (Å²) in [5.74, 6) is 1.60. The van der Waals surface area contributed by atoms with Crippen molar-refractivity contribution in [2.45, 2.75) is 17.5 Å². The minimum absolute atomic E-state index is 0.534. The maximum Gasteiger partial charge on any atom is 0.174 e. The quantitative estimate of drug-likeness (QED) is 0.215. The van der Waals surface area contributed by atoms with Crippen LogP contribution >= 0.6 is 35.0 Å². The highest BCUT2D eigenvalue weighted by molar-refractivity contribution is 7.98. The Morgan fingerprint density at radius 1 is 0.758 bits per heavy atom. The number of nitrogens with zero attached hydrogens (tertiary/aromatic N) is 2. The number of hydrogen-bond donors (Lipinski definition) is 0. The summed E-state index contributed by atoms with van der Waals surface area (Å²) in [5.41, 5.74) is 5.20. The normalized spacial score (nSPS) is 11.1. The number of imidazole rings is 1. The van der Waals surface area contributed by atoms with Crippen molar-refractivity contribution < 1.29 is 4.74 Å². The molecule has 0 aliphatic carbocycles. The zero-order valence-electron chi connectivity index (χ0n) is 17.6. The van der Waals surface area contributed by atoms with E-state index in [-0.39, 0.29) is 0 Å². The van der Waals surface area contributed by atoms with Crippen molar-refractivity contribution in [3.05, 3.63) is 118 Å². The van der Waals surface area contributed by atoms with Gasteiger partial charge in [-0.25, -0.2) is 4.98 Å². The summed E-state index contributed by atoms with van der Waals surface area (Å²) in [6.07, 6.45) is 0. The molecule has 0 N–H and O–H groups in total. The molecule has 164 valence electrons. The van der Waals surface area contributed by atoms with Gasteiger partial charge >= 0.3 is 0 Å². The number of thioether (sulfide) groups is 1. The van der Waals surface area contributed by atoms with Crippen LogP contribution in [0.1, 0.15) is 11.1 Å². The molecular weight excluding hydrogens is 471 g/mol. The maximum atomic E-state index is 6.32. The lowest BCUT2D eigenvalue weighted by Gasteiger charge is -2.11. The Kier molecular flexibility index (Phi) is 6.58. The van der Waals surface area contributed by atoms with E-state index in [0.29, 0.717) is 11.6 Å². The predicted octanol–water partition coefficient (Wildman–Crippen LogP) is 8.20. The molecule has 6 heteroatoms. The first-order valence-electron chi connectivity index (χ1n) is 10.5. The van der Waals surface area contributed by atoms with Crippen LogP contribution < -0.4 is 4.74 Å². The number of benzene rings is 4. The lowest BCUT2D eigenvalue weighted by Crippen LogP contribution is -1.98. The van der Waals surface area contributed by atoms with Crippen LogP contribution in [-0.4, -0.2) is 9.55 Å². The van der Waals surface area contributed by atoms with Gasteiger partial charge in [-0.15, -0.1) is 0 Å². The zero-order valence-corrected chi connectivity index (χ0v) is 19.9. The largest absolute Gasteiger partial charge is 0.489 e. The van der Waals surface area contributed by atoms with Gasteiger partial charge < -0.3 is 4.74 Å². The van der Waals surface area contributed by atoms with Crippen LogP contribution in [0.4, 0.5) is 0 Å². The van der Waals surface area contributed by atoms with Gasteiger partial charge in [0.15, 0.2) is 5.16 Å². The Morgan fingerprint density at radius 2 is 1.48 bits per heavy atom. The summed E-state index contributed by atoms with van der Waals surface area (Å²) in [6, 6.07) is 31.9. The molecule has 1 heterocycles. The van der Waals surface area contributed by atoms with Crippen LogP contribution in [0.5, 0.6) is 5.75 Å². The van der Waals surface area contributed by atoms with Crippen molar-refractivity contribution in [1.29, 1.82) is 0 Å². The lowest BCUT2D eigenvalue weighted by atomic mass is 10.2. The van der Waals surface area contributed by atoms with E-state index in [1.807, 2.05) is 72.8 Å². The Hall–Kier alpha value is -2.92. The van der Waals surface area contributed by atoms with Crippen LogP contribution in [0.15, 0.2) is 102 Å². The molecular formula is C27H20Cl2N2OS. The fourth-order valence-corrected chi connectivity index (χ4v) is 4.81. The molecule has 0 saturated carbocycles. The fourth-order valence-electron chi connectivity index (χ4n) is 3.53. The molecule has 5 rings (SSSR count). The van der Waals surface area contributed by atoms with Crippen molar-refractivity contribution >= 4 is 46.0 Å². The number of fused-ring (bicyclic) bond motifs is 1. The van der Waals surface area contributed by atoms with Crippen LogP contribution in [0, 0.1) is 0 Å². The third-order valence-corrected chi connectivity index (χ3v) is 6.71. The number of aromatic nitrogens is 2. The number of halogens is 2. The van der Waals surface area contributed by atoms with Crippen LogP contribution in [0.25, 0.3) is 16.7 Å². The van der Waals surface area contributed by atoms with Gasteiger partial charge in [-0.1, -0.05) is 77.4 Å². The summed E-state index contributed by atoms with van der Waals surface area (Å²) >= 11 is 14.0. The number of hydrogen-bond acceptors (Lipinski definition) is 3. The molecule has 0 radical (unpaired) electrons. The second-order valence-electron chi connectivity index (χ2n) is 7.55. The van der Waals surface area contributed by atoms with Crippen molar-refractivity contribution in [3.8, 4) is 11.4 Å². The van der Waals surface area contributed by atoms with E-state index in [0.717, 1.165) is 44.0 Å². The molecule has 0 unspecified atom stereocenters. The first-order chi connectivity index (χ1) is 16.2. The number of rotatable bonds is 7. The maximum absolute atomic E-state index is 6.32. The molecule has 3 nitrogen and oxygen atoms in total. The van der Waals surface area contributed by atoms with Crippen molar-refractivity contribution in [1.82, 2.24) is 9.55 Å². The Labute approximate surface area is 206 Å². The van der Waals surface area contributed by atoms with Crippen molar-refractivity contribution in [3.63, 3.8) is 0 Å². The van der Waals surface area contributed by atoms with E-state index in [2.05, 4.69) is 28.8 Å². The minimum Gasteiger partial charge on any atom is -0.489 e. The smallest absolute Gasteiger partial charge is 0.174 e. The highest BCUT2D eigenvalue weighted by atomic mass is 35.5. The van der Waals surface area contributed by atoms with E-state index >= 15 is 0 Å². The summed E-state index contributed by atoms with van der Waals surface area (Å²) in [5, 5.41) is 2.32. The van der Waals surface area contributed by atoms with Crippen molar-refractivity contribution in [2.24, 2.45) is 0 Å². The van der Waals surface area contributed by atoms with E-state index in [1.54, 1.807) is 11.8 Å². The topological polar surface area (TPSA) is 27.1 Å². The van der Waals surface area contributed by atoms with Gasteiger partial charge in [0, 0.05) is 21.5 Å². The minimum atomic E-state index is 0.534. The molecule has 0 aliphatic heterocycles. The lowest BCUT2D eigenvalue weighted by molar-refractivity contribution is 0.306. The van der Waals surface area contributed by atoms with E-state index in [9.17, 15) is 0 Å². The number of ether oxygens (including phenoxy) is 1. The molecule has 33 heavy (non-hydrogen) atoms.